The summed E-state index contributed by atoms with van der Waals surface area (Å²) in [5.74, 6) is 0.787. The highest BCUT2D eigenvalue weighted by Gasteiger charge is 2.32. The van der Waals surface area contributed by atoms with Crippen LogP contribution in [0.4, 0.5) is 0 Å². The molecule has 0 saturated carbocycles. The summed E-state index contributed by atoms with van der Waals surface area (Å²) in [5.41, 5.74) is 0. The van der Waals surface area contributed by atoms with E-state index in [-0.39, 0.29) is 0 Å². The van der Waals surface area contributed by atoms with E-state index in [1.807, 2.05) is 0 Å². The number of ether oxygens (including phenoxy) is 1. The molecule has 2 atom stereocenters. The van der Waals surface area contributed by atoms with Crippen LogP contribution < -0.4 is 5.32 Å². The van der Waals surface area contributed by atoms with Gasteiger partial charge in [-0.05, 0) is 6.42 Å². The van der Waals surface area contributed by atoms with Crippen molar-refractivity contribution in [3.63, 3.8) is 0 Å². The molecule has 0 unspecified atom stereocenters. The highest BCUT2D eigenvalue weighted by molar-refractivity contribution is 4.86. The van der Waals surface area contributed by atoms with Crippen molar-refractivity contribution in [3.05, 3.63) is 0 Å². The van der Waals surface area contributed by atoms with Crippen molar-refractivity contribution in [1.29, 1.82) is 0 Å². The predicted molar refractivity (Wildman–Crippen MR) is 29.7 cm³/mol. The molecule has 0 aromatic carbocycles. The molecule has 2 aliphatic heterocycles. The molecular formula is C6H10NO. The van der Waals surface area contributed by atoms with Gasteiger partial charge in [0.15, 0.2) is 0 Å². The van der Waals surface area contributed by atoms with Crippen LogP contribution in [0.2, 0.25) is 0 Å². The topological polar surface area (TPSA) is 23.3 Å². The monoisotopic (exact) mass is 112 g/mol. The van der Waals surface area contributed by atoms with Gasteiger partial charge in [0.2, 0.25) is 0 Å². The van der Waals surface area contributed by atoms with E-state index in [1.54, 1.807) is 0 Å². The summed E-state index contributed by atoms with van der Waals surface area (Å²) in [6, 6.07) is 0.579. The largest absolute Gasteiger partial charge is 0.379 e. The minimum Gasteiger partial charge on any atom is -0.379 e. The lowest BCUT2D eigenvalue weighted by Crippen LogP contribution is -2.19. The molecule has 0 amide bonds. The SMILES string of the molecule is C1C[C@H]2COC[C@H]2[N]1. The molecule has 0 bridgehead atoms. The average molecular weight is 112 g/mol. The summed E-state index contributed by atoms with van der Waals surface area (Å²) in [4.78, 5) is 0. The van der Waals surface area contributed by atoms with E-state index < -0.39 is 0 Å². The summed E-state index contributed by atoms with van der Waals surface area (Å²) >= 11 is 0. The van der Waals surface area contributed by atoms with Crippen LogP contribution in [0.15, 0.2) is 0 Å². The summed E-state index contributed by atoms with van der Waals surface area (Å²) in [6.45, 7) is 2.94. The van der Waals surface area contributed by atoms with Gasteiger partial charge in [-0.15, -0.1) is 0 Å². The van der Waals surface area contributed by atoms with E-state index in [2.05, 4.69) is 5.32 Å². The van der Waals surface area contributed by atoms with E-state index >= 15 is 0 Å². The molecule has 2 fully saturated rings. The highest BCUT2D eigenvalue weighted by atomic mass is 16.5. The van der Waals surface area contributed by atoms with Crippen LogP contribution in [0, 0.1) is 5.92 Å². The second-order valence-corrected chi connectivity index (χ2v) is 2.56. The average Bonchev–Trinajstić information content (AvgIpc) is 2.15. The maximum Gasteiger partial charge on any atom is 0.0639 e. The molecule has 2 nitrogen and oxygen atoms in total. The van der Waals surface area contributed by atoms with Crippen molar-refractivity contribution in [2.24, 2.45) is 5.92 Å². The molecule has 2 saturated heterocycles. The lowest BCUT2D eigenvalue weighted by Gasteiger charge is -2.00. The second-order valence-electron chi connectivity index (χ2n) is 2.56. The molecular weight excluding hydrogens is 102 g/mol. The Kier molecular flexibility index (Phi) is 1.02. The third kappa shape index (κ3) is 0.565. The molecule has 2 heterocycles. The molecule has 2 rings (SSSR count). The minimum atomic E-state index is 0.579. The lowest BCUT2D eigenvalue weighted by atomic mass is 10.1. The molecule has 0 aromatic heterocycles. The van der Waals surface area contributed by atoms with Crippen molar-refractivity contribution >= 4 is 0 Å². The number of hydrogen-bond acceptors (Lipinski definition) is 1. The van der Waals surface area contributed by atoms with Crippen LogP contribution in [0.5, 0.6) is 0 Å². The summed E-state index contributed by atoms with van der Waals surface area (Å²) in [5, 5.41) is 4.37. The molecule has 0 aliphatic carbocycles. The first-order chi connectivity index (χ1) is 3.97. The Hall–Kier alpha value is -0.0800. The third-order valence-electron chi connectivity index (χ3n) is 2.03. The standard InChI is InChI=1S/C6H10NO/c1-2-7-6-4-8-3-5(1)6/h5-6H,1-4H2/t5-,6+/m0/s1. The molecule has 0 spiro atoms. The van der Waals surface area contributed by atoms with Gasteiger partial charge in [-0.1, -0.05) is 0 Å². The van der Waals surface area contributed by atoms with Crippen LogP contribution in [0.3, 0.4) is 0 Å². The van der Waals surface area contributed by atoms with E-state index in [9.17, 15) is 0 Å². The van der Waals surface area contributed by atoms with Gasteiger partial charge in [-0.3, -0.25) is 0 Å². The van der Waals surface area contributed by atoms with Gasteiger partial charge in [0, 0.05) is 12.5 Å². The molecule has 8 heavy (non-hydrogen) atoms. The fourth-order valence-corrected chi connectivity index (χ4v) is 1.47. The first-order valence-corrected chi connectivity index (χ1v) is 3.21. The maximum absolute atomic E-state index is 5.22. The fourth-order valence-electron chi connectivity index (χ4n) is 1.47. The Bertz CT molecular complexity index is 74.5. The number of fused-ring (bicyclic) bond motifs is 1. The molecule has 45 valence electrons. The predicted octanol–water partition coefficient (Wildman–Crippen LogP) is 0.00950. The molecule has 0 aromatic rings. The van der Waals surface area contributed by atoms with Gasteiger partial charge < -0.3 is 4.74 Å². The Morgan fingerprint density at radius 2 is 2.38 bits per heavy atom. The Morgan fingerprint density at radius 3 is 3.25 bits per heavy atom. The lowest BCUT2D eigenvalue weighted by molar-refractivity contribution is 0.176. The quantitative estimate of drug-likeness (QED) is 0.433. The smallest absolute Gasteiger partial charge is 0.0639 e. The minimum absolute atomic E-state index is 0.579. The van der Waals surface area contributed by atoms with Crippen molar-refractivity contribution < 1.29 is 4.74 Å². The van der Waals surface area contributed by atoms with Crippen molar-refractivity contribution in [3.8, 4) is 0 Å². The van der Waals surface area contributed by atoms with Gasteiger partial charge in [0.1, 0.15) is 0 Å². The van der Waals surface area contributed by atoms with Crippen molar-refractivity contribution in [1.82, 2.24) is 5.32 Å². The summed E-state index contributed by atoms with van der Waals surface area (Å²) in [6.07, 6.45) is 1.27. The van der Waals surface area contributed by atoms with E-state index in [4.69, 9.17) is 4.74 Å². The Morgan fingerprint density at radius 1 is 1.38 bits per heavy atom. The summed E-state index contributed by atoms with van der Waals surface area (Å²) in [7, 11) is 0. The van der Waals surface area contributed by atoms with Crippen LogP contribution >= 0.6 is 0 Å². The molecule has 1 radical (unpaired) electrons. The third-order valence-corrected chi connectivity index (χ3v) is 2.03. The van der Waals surface area contributed by atoms with E-state index in [0.717, 1.165) is 25.7 Å². The number of rotatable bonds is 0. The summed E-state index contributed by atoms with van der Waals surface area (Å²) < 4.78 is 5.22. The first-order valence-electron chi connectivity index (χ1n) is 3.21. The van der Waals surface area contributed by atoms with Crippen LogP contribution in [0.25, 0.3) is 0 Å². The molecule has 2 aliphatic rings. The second kappa shape index (κ2) is 1.71. The number of hydrogen-bond donors (Lipinski definition) is 0. The molecule has 0 N–H and O–H groups in total. The zero-order valence-corrected chi connectivity index (χ0v) is 4.84. The Labute approximate surface area is 49.2 Å². The highest BCUT2D eigenvalue weighted by Crippen LogP contribution is 2.22. The van der Waals surface area contributed by atoms with Crippen molar-refractivity contribution in [2.45, 2.75) is 12.5 Å². The maximum atomic E-state index is 5.22. The molecule has 2 heteroatoms. The van der Waals surface area contributed by atoms with Gasteiger partial charge in [-0.25, -0.2) is 5.32 Å². The van der Waals surface area contributed by atoms with Gasteiger partial charge in [-0.2, -0.15) is 0 Å². The van der Waals surface area contributed by atoms with Gasteiger partial charge in [0.05, 0.1) is 19.3 Å². The van der Waals surface area contributed by atoms with Crippen LogP contribution in [0.1, 0.15) is 6.42 Å². The van der Waals surface area contributed by atoms with E-state index in [1.165, 1.54) is 6.42 Å². The number of nitrogens with zero attached hydrogens (tertiary/aromatic N) is 1. The van der Waals surface area contributed by atoms with Gasteiger partial charge >= 0.3 is 0 Å². The van der Waals surface area contributed by atoms with Crippen LogP contribution in [-0.2, 0) is 4.74 Å². The zero-order valence-electron chi connectivity index (χ0n) is 4.84. The first kappa shape index (κ1) is 4.77. The fraction of sp³-hybridized carbons (Fsp3) is 1.00. The normalized spacial score (nSPS) is 45.0. The van der Waals surface area contributed by atoms with Crippen molar-refractivity contribution in [2.75, 3.05) is 19.8 Å². The Balaban J connectivity index is 2.04. The van der Waals surface area contributed by atoms with Gasteiger partial charge in [0.25, 0.3) is 0 Å². The zero-order chi connectivity index (χ0) is 5.40. The van der Waals surface area contributed by atoms with E-state index in [0.29, 0.717) is 6.04 Å². The van der Waals surface area contributed by atoms with Crippen LogP contribution in [-0.4, -0.2) is 25.8 Å².